The summed E-state index contributed by atoms with van der Waals surface area (Å²) in [6.07, 6.45) is 8.90. The van der Waals surface area contributed by atoms with Crippen molar-refractivity contribution in [3.8, 4) is 0 Å². The maximum Gasteiger partial charge on any atom is 0.231 e. The van der Waals surface area contributed by atoms with E-state index in [-0.39, 0.29) is 17.4 Å². The Labute approximate surface area is 185 Å². The highest BCUT2D eigenvalue weighted by Crippen LogP contribution is 2.47. The molecule has 0 atom stereocenters. The Bertz CT molecular complexity index is 1160. The smallest absolute Gasteiger partial charge is 0.231 e. The molecule has 32 heavy (non-hydrogen) atoms. The number of piperidine rings is 1. The van der Waals surface area contributed by atoms with E-state index in [4.69, 9.17) is 0 Å². The zero-order valence-electron chi connectivity index (χ0n) is 17.8. The van der Waals surface area contributed by atoms with E-state index in [1.165, 1.54) is 37.5 Å². The van der Waals surface area contributed by atoms with Crippen molar-refractivity contribution in [1.29, 1.82) is 0 Å². The summed E-state index contributed by atoms with van der Waals surface area (Å²) >= 11 is 0. The van der Waals surface area contributed by atoms with Gasteiger partial charge in [0.25, 0.3) is 0 Å². The highest BCUT2D eigenvalue weighted by Gasteiger charge is 2.50. The van der Waals surface area contributed by atoms with Crippen LogP contribution in [0.25, 0.3) is 23.1 Å². The van der Waals surface area contributed by atoms with Gasteiger partial charge in [-0.2, -0.15) is 5.10 Å². The summed E-state index contributed by atoms with van der Waals surface area (Å²) in [7, 11) is 0. The first kappa shape index (κ1) is 20.8. The van der Waals surface area contributed by atoms with Crippen LogP contribution in [0.3, 0.4) is 0 Å². The van der Waals surface area contributed by atoms with Crippen molar-refractivity contribution >= 4 is 34.6 Å². The fourth-order valence-electron chi connectivity index (χ4n) is 4.44. The molecule has 2 heterocycles. The molecule has 3 aromatic rings. The Kier molecular flexibility index (Phi) is 5.51. The van der Waals surface area contributed by atoms with Gasteiger partial charge in [-0.05, 0) is 68.6 Å². The Morgan fingerprint density at radius 3 is 2.56 bits per heavy atom. The molecule has 2 N–H and O–H groups in total. The van der Waals surface area contributed by atoms with Gasteiger partial charge in [0.05, 0.1) is 22.3 Å². The van der Waals surface area contributed by atoms with E-state index in [0.29, 0.717) is 16.6 Å². The van der Waals surface area contributed by atoms with Crippen molar-refractivity contribution in [2.45, 2.75) is 32.1 Å². The number of amides is 1. The van der Waals surface area contributed by atoms with Crippen LogP contribution in [0.15, 0.2) is 36.4 Å². The molecule has 2 aliphatic rings. The summed E-state index contributed by atoms with van der Waals surface area (Å²) in [4.78, 5) is 15.4. The van der Waals surface area contributed by atoms with Crippen molar-refractivity contribution in [3.63, 3.8) is 0 Å². The average Bonchev–Trinajstić information content (AvgIpc) is 3.48. The second kappa shape index (κ2) is 8.47. The van der Waals surface area contributed by atoms with E-state index in [2.05, 4.69) is 20.4 Å². The molecule has 1 saturated heterocycles. The largest absolute Gasteiger partial charge is 0.323 e. The van der Waals surface area contributed by atoms with Crippen LogP contribution in [0.2, 0.25) is 0 Å². The number of fused-ring (bicyclic) bond motifs is 1. The first-order chi connectivity index (χ1) is 15.5. The number of H-pyrrole nitrogens is 1. The molecule has 1 amide bonds. The second-order valence-corrected chi connectivity index (χ2v) is 8.94. The molecular weight excluding hydrogens is 410 g/mol. The lowest BCUT2D eigenvalue weighted by atomic mass is 10.0. The first-order valence-corrected chi connectivity index (χ1v) is 11.2. The molecule has 2 fully saturated rings. The molecule has 2 aromatic carbocycles. The summed E-state index contributed by atoms with van der Waals surface area (Å²) in [6, 6.07) is 9.11. The fraction of sp³-hybridized carbons (Fsp3) is 0.360. The predicted molar refractivity (Wildman–Crippen MR) is 122 cm³/mol. The predicted octanol–water partition coefficient (Wildman–Crippen LogP) is 5.22. The van der Waals surface area contributed by atoms with Gasteiger partial charge in [-0.3, -0.25) is 9.89 Å². The number of benzene rings is 2. The number of carbonyl (C=O) groups is 1. The van der Waals surface area contributed by atoms with Gasteiger partial charge in [-0.25, -0.2) is 8.78 Å². The van der Waals surface area contributed by atoms with Crippen molar-refractivity contribution in [1.82, 2.24) is 15.1 Å². The van der Waals surface area contributed by atoms with E-state index >= 15 is 0 Å². The van der Waals surface area contributed by atoms with Gasteiger partial charge < -0.3 is 10.2 Å². The number of nitrogens with one attached hydrogen (secondary N) is 2. The molecule has 7 heteroatoms. The van der Waals surface area contributed by atoms with Gasteiger partial charge in [0.2, 0.25) is 5.91 Å². The SMILES string of the molecule is O=C(Nc1cc2c(/C=C/c3ccc(F)cc3)n[nH]c2cc1F)C1(CN2CCCCC2)CC1. The Hall–Kier alpha value is -3.06. The van der Waals surface area contributed by atoms with E-state index in [9.17, 15) is 13.6 Å². The number of carbonyl (C=O) groups excluding carboxylic acids is 1. The summed E-state index contributed by atoms with van der Waals surface area (Å²) in [5.74, 6) is -0.887. The summed E-state index contributed by atoms with van der Waals surface area (Å²) in [6.45, 7) is 2.82. The number of rotatable bonds is 6. The topological polar surface area (TPSA) is 61.0 Å². The maximum atomic E-state index is 14.7. The van der Waals surface area contributed by atoms with Crippen LogP contribution in [-0.4, -0.2) is 40.6 Å². The minimum absolute atomic E-state index is 0.103. The van der Waals surface area contributed by atoms with Crippen molar-refractivity contribution in [2.75, 3.05) is 25.0 Å². The highest BCUT2D eigenvalue weighted by atomic mass is 19.1. The lowest BCUT2D eigenvalue weighted by Crippen LogP contribution is -2.40. The van der Waals surface area contributed by atoms with Crippen LogP contribution < -0.4 is 5.32 Å². The summed E-state index contributed by atoms with van der Waals surface area (Å²) < 4.78 is 27.8. The summed E-state index contributed by atoms with van der Waals surface area (Å²) in [5, 5.41) is 10.6. The van der Waals surface area contributed by atoms with Crippen LogP contribution in [0, 0.1) is 17.0 Å². The van der Waals surface area contributed by atoms with Crippen molar-refractivity contribution < 1.29 is 13.6 Å². The van der Waals surface area contributed by atoms with E-state index in [1.807, 2.05) is 6.08 Å². The highest BCUT2D eigenvalue weighted by molar-refractivity contribution is 6.00. The molecular formula is C25H26F2N4O. The monoisotopic (exact) mass is 436 g/mol. The number of aromatic amines is 1. The van der Waals surface area contributed by atoms with Gasteiger partial charge in [0, 0.05) is 18.0 Å². The molecule has 0 unspecified atom stereocenters. The molecule has 5 nitrogen and oxygen atoms in total. The molecule has 166 valence electrons. The zero-order valence-corrected chi connectivity index (χ0v) is 17.8. The quantitative estimate of drug-likeness (QED) is 0.557. The normalized spacial score (nSPS) is 18.3. The van der Waals surface area contributed by atoms with Gasteiger partial charge in [0.1, 0.15) is 11.6 Å². The molecule has 0 radical (unpaired) electrons. The molecule has 0 bridgehead atoms. The van der Waals surface area contributed by atoms with E-state index in [0.717, 1.165) is 38.0 Å². The van der Waals surface area contributed by atoms with Crippen molar-refractivity contribution in [3.05, 3.63) is 59.3 Å². The molecule has 1 aliphatic carbocycles. The minimum Gasteiger partial charge on any atom is -0.323 e. The second-order valence-electron chi connectivity index (χ2n) is 8.94. The first-order valence-electron chi connectivity index (χ1n) is 11.2. The molecule has 1 aliphatic heterocycles. The number of hydrogen-bond acceptors (Lipinski definition) is 3. The zero-order chi connectivity index (χ0) is 22.1. The maximum absolute atomic E-state index is 14.7. The lowest BCUT2D eigenvalue weighted by Gasteiger charge is -2.30. The Morgan fingerprint density at radius 2 is 1.84 bits per heavy atom. The van der Waals surface area contributed by atoms with Gasteiger partial charge in [0.15, 0.2) is 0 Å². The third kappa shape index (κ3) is 4.30. The number of halogens is 2. The number of nitrogens with zero attached hydrogens (tertiary/aromatic N) is 2. The number of likely N-dealkylation sites (tertiary alicyclic amines) is 1. The minimum atomic E-state index is -0.489. The fourth-order valence-corrected chi connectivity index (χ4v) is 4.44. The molecule has 5 rings (SSSR count). The van der Waals surface area contributed by atoms with E-state index in [1.54, 1.807) is 24.3 Å². The number of anilines is 1. The molecule has 1 saturated carbocycles. The van der Waals surface area contributed by atoms with Crippen LogP contribution in [0.1, 0.15) is 43.4 Å². The third-order valence-electron chi connectivity index (χ3n) is 6.54. The number of hydrogen-bond donors (Lipinski definition) is 2. The van der Waals surface area contributed by atoms with E-state index < -0.39 is 11.2 Å². The van der Waals surface area contributed by atoms with Crippen LogP contribution in [-0.2, 0) is 4.79 Å². The van der Waals surface area contributed by atoms with Gasteiger partial charge in [-0.1, -0.05) is 24.6 Å². The van der Waals surface area contributed by atoms with Crippen molar-refractivity contribution in [2.24, 2.45) is 5.41 Å². The standard InChI is InChI=1S/C25H26F2N4O/c26-18-7-4-17(5-8-18)6-9-21-19-14-23(20(27)15-22(19)30-29-21)28-24(32)25(10-11-25)16-31-12-2-1-3-13-31/h4-9,14-15H,1-3,10-13,16H2,(H,28,32)(H,29,30)/b9-6+. The third-order valence-corrected chi connectivity index (χ3v) is 6.54. The Balaban J connectivity index is 1.35. The van der Waals surface area contributed by atoms with Crippen LogP contribution in [0.4, 0.5) is 14.5 Å². The Morgan fingerprint density at radius 1 is 1.09 bits per heavy atom. The molecule has 0 spiro atoms. The van der Waals surface area contributed by atoms with Crippen LogP contribution in [0.5, 0.6) is 0 Å². The van der Waals surface area contributed by atoms with Crippen LogP contribution >= 0.6 is 0 Å². The lowest BCUT2D eigenvalue weighted by molar-refractivity contribution is -0.122. The van der Waals surface area contributed by atoms with Gasteiger partial charge >= 0.3 is 0 Å². The number of aromatic nitrogens is 2. The average molecular weight is 437 g/mol. The van der Waals surface area contributed by atoms with Gasteiger partial charge in [-0.15, -0.1) is 0 Å². The summed E-state index contributed by atoms with van der Waals surface area (Å²) in [5.41, 5.74) is 1.76. The molecule has 1 aromatic heterocycles.